The first kappa shape index (κ1) is 17.8. The quantitative estimate of drug-likeness (QED) is 0.807. The lowest BCUT2D eigenvalue weighted by Crippen LogP contribution is -2.44. The van der Waals surface area contributed by atoms with E-state index in [-0.39, 0.29) is 11.5 Å². The van der Waals surface area contributed by atoms with Crippen molar-refractivity contribution in [2.75, 3.05) is 13.1 Å². The van der Waals surface area contributed by atoms with Crippen molar-refractivity contribution in [1.29, 1.82) is 0 Å². The van der Waals surface area contributed by atoms with E-state index in [4.69, 9.17) is 4.74 Å². The molecule has 0 N–H and O–H groups in total. The number of likely N-dealkylation sites (tertiary alicyclic amines) is 1. The van der Waals surface area contributed by atoms with Crippen LogP contribution in [0.2, 0.25) is 0 Å². The number of hydrogen-bond donors (Lipinski definition) is 0. The Labute approximate surface area is 160 Å². The summed E-state index contributed by atoms with van der Waals surface area (Å²) < 4.78 is 7.53. The van der Waals surface area contributed by atoms with Crippen molar-refractivity contribution in [3.63, 3.8) is 0 Å². The molecule has 1 spiro atoms. The molecule has 0 radical (unpaired) electrons. The number of aromatic nitrogens is 2. The molecule has 27 heavy (non-hydrogen) atoms. The standard InChI is InChI=1S/C22H27N3O2/c1-17(2)25-15-19-14-22(9-8-20(19)23-25)10-12-24(13-11-22)21(26)27-16-18-6-4-3-5-7-18/h3-9,15,17H,10-14,16H2,1-2H3. The van der Waals surface area contributed by atoms with Gasteiger partial charge in [0.25, 0.3) is 0 Å². The molecular weight excluding hydrogens is 338 g/mol. The normalized spacial score (nSPS) is 18.0. The Kier molecular flexibility index (Phi) is 4.77. The zero-order chi connectivity index (χ0) is 18.9. The van der Waals surface area contributed by atoms with Crippen LogP contribution in [0.3, 0.4) is 0 Å². The van der Waals surface area contributed by atoms with E-state index < -0.39 is 0 Å². The van der Waals surface area contributed by atoms with Gasteiger partial charge in [-0.2, -0.15) is 5.10 Å². The maximum atomic E-state index is 12.4. The molecule has 1 aliphatic heterocycles. The van der Waals surface area contributed by atoms with E-state index in [9.17, 15) is 4.79 Å². The van der Waals surface area contributed by atoms with Gasteiger partial charge in [-0.3, -0.25) is 4.68 Å². The Balaban J connectivity index is 1.34. The third kappa shape index (κ3) is 3.77. The topological polar surface area (TPSA) is 47.4 Å². The minimum atomic E-state index is -0.207. The fourth-order valence-corrected chi connectivity index (χ4v) is 3.97. The number of rotatable bonds is 3. The van der Waals surface area contributed by atoms with E-state index in [0.717, 1.165) is 43.6 Å². The summed E-state index contributed by atoms with van der Waals surface area (Å²) in [6.45, 7) is 6.12. The Hall–Kier alpha value is -2.56. The first-order chi connectivity index (χ1) is 13.0. The molecule has 1 aliphatic carbocycles. The highest BCUT2D eigenvalue weighted by Gasteiger charge is 2.37. The molecule has 2 aliphatic rings. The van der Waals surface area contributed by atoms with Gasteiger partial charge in [-0.05, 0) is 55.7 Å². The smallest absolute Gasteiger partial charge is 0.410 e. The number of carbonyl (C=O) groups excluding carboxylic acids is 1. The van der Waals surface area contributed by atoms with Gasteiger partial charge in [-0.25, -0.2) is 4.79 Å². The zero-order valence-corrected chi connectivity index (χ0v) is 16.1. The van der Waals surface area contributed by atoms with Gasteiger partial charge in [0.2, 0.25) is 0 Å². The molecule has 5 heteroatoms. The second kappa shape index (κ2) is 7.22. The van der Waals surface area contributed by atoms with E-state index in [1.54, 1.807) is 0 Å². The highest BCUT2D eigenvalue weighted by molar-refractivity contribution is 5.68. The third-order valence-electron chi connectivity index (χ3n) is 5.73. The molecule has 5 nitrogen and oxygen atoms in total. The van der Waals surface area contributed by atoms with Crippen LogP contribution in [-0.2, 0) is 17.8 Å². The fraction of sp³-hybridized carbons (Fsp3) is 0.455. The number of fused-ring (bicyclic) bond motifs is 1. The van der Waals surface area contributed by atoms with Crippen LogP contribution < -0.4 is 0 Å². The minimum Gasteiger partial charge on any atom is -0.445 e. The van der Waals surface area contributed by atoms with Crippen LogP contribution in [0.5, 0.6) is 0 Å². The van der Waals surface area contributed by atoms with Crippen molar-refractivity contribution >= 4 is 12.2 Å². The van der Waals surface area contributed by atoms with Gasteiger partial charge >= 0.3 is 6.09 Å². The van der Waals surface area contributed by atoms with Crippen LogP contribution in [0.4, 0.5) is 4.79 Å². The summed E-state index contributed by atoms with van der Waals surface area (Å²) in [5.41, 5.74) is 3.59. The van der Waals surface area contributed by atoms with Gasteiger partial charge in [0.05, 0.1) is 5.69 Å². The Morgan fingerprint density at radius 3 is 2.67 bits per heavy atom. The van der Waals surface area contributed by atoms with E-state index in [1.165, 1.54) is 5.56 Å². The average Bonchev–Trinajstić information content (AvgIpc) is 3.11. The predicted molar refractivity (Wildman–Crippen MR) is 105 cm³/mol. The number of ether oxygens (including phenoxy) is 1. The number of allylic oxidation sites excluding steroid dienone is 1. The van der Waals surface area contributed by atoms with Gasteiger partial charge in [0.15, 0.2) is 0 Å². The molecule has 1 aromatic carbocycles. The molecule has 1 saturated heterocycles. The van der Waals surface area contributed by atoms with Crippen LogP contribution in [0, 0.1) is 5.41 Å². The Morgan fingerprint density at radius 1 is 1.22 bits per heavy atom. The van der Waals surface area contributed by atoms with Gasteiger partial charge in [-0.1, -0.05) is 36.4 Å². The van der Waals surface area contributed by atoms with Crippen molar-refractivity contribution < 1.29 is 9.53 Å². The molecular formula is C22H27N3O2. The molecule has 1 amide bonds. The summed E-state index contributed by atoms with van der Waals surface area (Å²) in [5.74, 6) is 0. The minimum absolute atomic E-state index is 0.147. The second-order valence-corrected chi connectivity index (χ2v) is 8.01. The summed E-state index contributed by atoms with van der Waals surface area (Å²) in [6, 6.07) is 10.2. The molecule has 1 fully saturated rings. The summed E-state index contributed by atoms with van der Waals surface area (Å²) >= 11 is 0. The van der Waals surface area contributed by atoms with Crippen LogP contribution in [0.15, 0.2) is 42.6 Å². The van der Waals surface area contributed by atoms with E-state index in [1.807, 2.05) is 39.9 Å². The fourth-order valence-electron chi connectivity index (χ4n) is 3.97. The summed E-state index contributed by atoms with van der Waals surface area (Å²) in [6.07, 6.45) is 9.42. The van der Waals surface area contributed by atoms with Gasteiger partial charge in [0, 0.05) is 25.3 Å². The Morgan fingerprint density at radius 2 is 1.96 bits per heavy atom. The Bertz CT molecular complexity index is 830. The molecule has 0 bridgehead atoms. The maximum absolute atomic E-state index is 12.4. The predicted octanol–water partition coefficient (Wildman–Crippen LogP) is 4.45. The average molecular weight is 365 g/mol. The number of amides is 1. The maximum Gasteiger partial charge on any atom is 0.410 e. The first-order valence-corrected chi connectivity index (χ1v) is 9.78. The van der Waals surface area contributed by atoms with Crippen LogP contribution >= 0.6 is 0 Å². The number of benzene rings is 1. The number of hydrogen-bond acceptors (Lipinski definition) is 3. The summed E-state index contributed by atoms with van der Waals surface area (Å²) in [5, 5.41) is 4.67. The zero-order valence-electron chi connectivity index (χ0n) is 16.1. The van der Waals surface area contributed by atoms with Crippen molar-refractivity contribution in [3.8, 4) is 0 Å². The number of piperidine rings is 1. The summed E-state index contributed by atoms with van der Waals surface area (Å²) in [7, 11) is 0. The van der Waals surface area contributed by atoms with E-state index in [0.29, 0.717) is 12.6 Å². The highest BCUT2D eigenvalue weighted by Crippen LogP contribution is 2.41. The molecule has 0 atom stereocenters. The lowest BCUT2D eigenvalue weighted by atomic mass is 9.71. The summed E-state index contributed by atoms with van der Waals surface area (Å²) in [4.78, 5) is 14.2. The van der Waals surface area contributed by atoms with Gasteiger partial charge in [0.1, 0.15) is 6.61 Å². The third-order valence-corrected chi connectivity index (χ3v) is 5.73. The molecule has 1 aromatic heterocycles. The highest BCUT2D eigenvalue weighted by atomic mass is 16.6. The number of nitrogens with zero attached hydrogens (tertiary/aromatic N) is 3. The monoisotopic (exact) mass is 365 g/mol. The first-order valence-electron chi connectivity index (χ1n) is 9.78. The van der Waals surface area contributed by atoms with Gasteiger partial charge < -0.3 is 9.64 Å². The number of carbonyl (C=O) groups is 1. The molecule has 0 unspecified atom stereocenters. The van der Waals surface area contributed by atoms with Crippen LogP contribution in [-0.4, -0.2) is 33.9 Å². The van der Waals surface area contributed by atoms with Crippen molar-refractivity contribution in [3.05, 3.63) is 59.4 Å². The lowest BCUT2D eigenvalue weighted by Gasteiger charge is -2.40. The molecule has 0 saturated carbocycles. The largest absolute Gasteiger partial charge is 0.445 e. The molecule has 2 aromatic rings. The molecule has 4 rings (SSSR count). The van der Waals surface area contributed by atoms with Crippen molar-refractivity contribution in [2.45, 2.75) is 45.8 Å². The van der Waals surface area contributed by atoms with Gasteiger partial charge in [-0.15, -0.1) is 0 Å². The van der Waals surface area contributed by atoms with E-state index in [2.05, 4.69) is 37.3 Å². The molecule has 142 valence electrons. The molecule has 2 heterocycles. The van der Waals surface area contributed by atoms with Crippen molar-refractivity contribution in [2.24, 2.45) is 5.41 Å². The van der Waals surface area contributed by atoms with Crippen LogP contribution in [0.1, 0.15) is 49.6 Å². The van der Waals surface area contributed by atoms with Crippen LogP contribution in [0.25, 0.3) is 6.08 Å². The van der Waals surface area contributed by atoms with Crippen molar-refractivity contribution in [1.82, 2.24) is 14.7 Å². The van der Waals surface area contributed by atoms with E-state index >= 15 is 0 Å². The lowest BCUT2D eigenvalue weighted by molar-refractivity contribution is 0.0723. The SMILES string of the molecule is CC(C)n1cc2c(n1)C=CC1(CCN(C(=O)OCc3ccccc3)CC1)C2. The second-order valence-electron chi connectivity index (χ2n) is 8.01.